The quantitative estimate of drug-likeness (QED) is 0.708. The van der Waals surface area contributed by atoms with Crippen molar-refractivity contribution in [3.63, 3.8) is 0 Å². The molecule has 0 unspecified atom stereocenters. The summed E-state index contributed by atoms with van der Waals surface area (Å²) in [4.78, 5) is 0. The lowest BCUT2D eigenvalue weighted by Gasteiger charge is -2.24. The number of aryl methyl sites for hydroxylation is 1. The molecule has 0 amide bonds. The van der Waals surface area contributed by atoms with Crippen LogP contribution in [0.15, 0.2) is 6.07 Å². The Hall–Kier alpha value is -0.930. The Labute approximate surface area is 100 Å². The maximum absolute atomic E-state index is 9.94. The summed E-state index contributed by atoms with van der Waals surface area (Å²) < 4.78 is 0. The number of aromatic hydroxyl groups is 2. The summed E-state index contributed by atoms with van der Waals surface area (Å²) in [7, 11) is 0. The second-order valence-corrected chi connectivity index (χ2v) is 4.70. The molecule has 4 heteroatoms. The summed E-state index contributed by atoms with van der Waals surface area (Å²) in [6.45, 7) is 3.72. The highest BCUT2D eigenvalue weighted by Crippen LogP contribution is 2.42. The van der Waals surface area contributed by atoms with Crippen LogP contribution in [0.3, 0.4) is 0 Å². The largest absolute Gasteiger partial charge is 0.506 e. The van der Waals surface area contributed by atoms with E-state index in [0.29, 0.717) is 5.92 Å². The van der Waals surface area contributed by atoms with Crippen LogP contribution in [0.1, 0.15) is 29.9 Å². The van der Waals surface area contributed by atoms with Crippen molar-refractivity contribution in [1.29, 1.82) is 0 Å². The Balaban J connectivity index is 2.40. The van der Waals surface area contributed by atoms with Crippen LogP contribution < -0.4 is 5.32 Å². The molecule has 2 rings (SSSR count). The molecule has 1 aromatic rings. The monoisotopic (exact) mass is 241 g/mol. The van der Waals surface area contributed by atoms with E-state index in [-0.39, 0.29) is 16.5 Å². The van der Waals surface area contributed by atoms with Gasteiger partial charge < -0.3 is 15.5 Å². The van der Waals surface area contributed by atoms with Crippen LogP contribution in [-0.4, -0.2) is 23.3 Å². The van der Waals surface area contributed by atoms with Crippen LogP contribution in [0.25, 0.3) is 0 Å². The predicted octanol–water partition coefficient (Wildman–Crippen LogP) is 2.53. The number of halogens is 1. The topological polar surface area (TPSA) is 52.5 Å². The smallest absolute Gasteiger partial charge is 0.141 e. The van der Waals surface area contributed by atoms with Gasteiger partial charge in [-0.3, -0.25) is 0 Å². The van der Waals surface area contributed by atoms with E-state index in [0.717, 1.165) is 37.1 Å². The molecule has 0 aliphatic carbocycles. The summed E-state index contributed by atoms with van der Waals surface area (Å²) in [5.41, 5.74) is 1.58. The first kappa shape index (κ1) is 11.6. The normalized spacial score (nSPS) is 17.6. The molecule has 0 bridgehead atoms. The maximum Gasteiger partial charge on any atom is 0.141 e. The molecule has 1 aliphatic rings. The van der Waals surface area contributed by atoms with Crippen molar-refractivity contribution in [3.8, 4) is 11.5 Å². The van der Waals surface area contributed by atoms with E-state index < -0.39 is 0 Å². The fourth-order valence-electron chi connectivity index (χ4n) is 2.23. The lowest BCUT2D eigenvalue weighted by Crippen LogP contribution is -2.26. The Morgan fingerprint density at radius 2 is 1.88 bits per heavy atom. The zero-order valence-electron chi connectivity index (χ0n) is 9.26. The van der Waals surface area contributed by atoms with Crippen LogP contribution in [0.2, 0.25) is 5.02 Å². The average molecular weight is 242 g/mol. The zero-order chi connectivity index (χ0) is 11.7. The van der Waals surface area contributed by atoms with E-state index >= 15 is 0 Å². The SMILES string of the molecule is Cc1cc(C2CCNCC2)c(O)c(Cl)c1O. The fraction of sp³-hybridized carbons (Fsp3) is 0.500. The molecule has 1 heterocycles. The van der Waals surface area contributed by atoms with Gasteiger partial charge in [0.1, 0.15) is 16.5 Å². The van der Waals surface area contributed by atoms with Crippen molar-refractivity contribution in [3.05, 3.63) is 22.2 Å². The Bertz CT molecular complexity index is 400. The molecule has 1 aliphatic heterocycles. The second kappa shape index (κ2) is 4.52. The van der Waals surface area contributed by atoms with Crippen molar-refractivity contribution in [2.45, 2.75) is 25.7 Å². The highest BCUT2D eigenvalue weighted by Gasteiger charge is 2.22. The Morgan fingerprint density at radius 3 is 2.50 bits per heavy atom. The number of phenolic OH excluding ortho intramolecular Hbond substituents is 2. The van der Waals surface area contributed by atoms with Crippen molar-refractivity contribution in [2.24, 2.45) is 0 Å². The average Bonchev–Trinajstić information content (AvgIpc) is 2.32. The predicted molar refractivity (Wildman–Crippen MR) is 64.4 cm³/mol. The van der Waals surface area contributed by atoms with Crippen LogP contribution >= 0.6 is 11.6 Å². The molecule has 16 heavy (non-hydrogen) atoms. The van der Waals surface area contributed by atoms with Crippen molar-refractivity contribution >= 4 is 11.6 Å². The molecule has 3 nitrogen and oxygen atoms in total. The van der Waals surface area contributed by atoms with Gasteiger partial charge in [-0.15, -0.1) is 0 Å². The van der Waals surface area contributed by atoms with Gasteiger partial charge >= 0.3 is 0 Å². The number of rotatable bonds is 1. The van der Waals surface area contributed by atoms with Crippen molar-refractivity contribution in [1.82, 2.24) is 5.32 Å². The van der Waals surface area contributed by atoms with E-state index in [1.165, 1.54) is 0 Å². The molecule has 1 saturated heterocycles. The molecule has 3 N–H and O–H groups in total. The number of hydrogen-bond donors (Lipinski definition) is 3. The Kier molecular flexibility index (Phi) is 3.26. The summed E-state index contributed by atoms with van der Waals surface area (Å²) in [5.74, 6) is 0.353. The fourth-order valence-corrected chi connectivity index (χ4v) is 2.48. The maximum atomic E-state index is 9.94. The van der Waals surface area contributed by atoms with Gasteiger partial charge in [-0.25, -0.2) is 0 Å². The summed E-state index contributed by atoms with van der Waals surface area (Å²) in [6.07, 6.45) is 1.99. The highest BCUT2D eigenvalue weighted by atomic mass is 35.5. The Morgan fingerprint density at radius 1 is 1.25 bits per heavy atom. The first-order valence-corrected chi connectivity index (χ1v) is 5.90. The van der Waals surface area contributed by atoms with E-state index in [1.807, 2.05) is 6.07 Å². The molecular formula is C12H16ClNO2. The standard InChI is InChI=1S/C12H16ClNO2/c1-7-6-9(8-2-4-14-5-3-8)12(16)10(13)11(7)15/h6,8,14-16H,2-5H2,1H3. The summed E-state index contributed by atoms with van der Waals surface area (Å²) in [6, 6.07) is 1.84. The van der Waals surface area contributed by atoms with Gasteiger partial charge in [0.05, 0.1) is 0 Å². The van der Waals surface area contributed by atoms with Crippen LogP contribution in [-0.2, 0) is 0 Å². The lowest BCUT2D eigenvalue weighted by atomic mass is 9.88. The number of nitrogens with one attached hydrogen (secondary N) is 1. The molecular weight excluding hydrogens is 226 g/mol. The number of piperidine rings is 1. The van der Waals surface area contributed by atoms with Gasteiger partial charge in [0.25, 0.3) is 0 Å². The third kappa shape index (κ3) is 1.97. The highest BCUT2D eigenvalue weighted by molar-refractivity contribution is 6.33. The molecule has 1 fully saturated rings. The van der Waals surface area contributed by atoms with Gasteiger partial charge in [0.2, 0.25) is 0 Å². The summed E-state index contributed by atoms with van der Waals surface area (Å²) in [5, 5.41) is 22.9. The van der Waals surface area contributed by atoms with Gasteiger partial charge in [-0.05, 0) is 56.0 Å². The van der Waals surface area contributed by atoms with Crippen LogP contribution in [0.4, 0.5) is 0 Å². The first-order chi connectivity index (χ1) is 7.61. The second-order valence-electron chi connectivity index (χ2n) is 4.32. The van der Waals surface area contributed by atoms with Gasteiger partial charge in [0, 0.05) is 0 Å². The molecule has 0 spiro atoms. The molecule has 1 aromatic carbocycles. The van der Waals surface area contributed by atoms with Crippen molar-refractivity contribution < 1.29 is 10.2 Å². The molecule has 0 aromatic heterocycles. The minimum absolute atomic E-state index is 0.0168. The summed E-state index contributed by atoms with van der Waals surface area (Å²) >= 11 is 5.89. The number of hydrogen-bond acceptors (Lipinski definition) is 3. The van der Waals surface area contributed by atoms with Gasteiger partial charge in [-0.1, -0.05) is 11.6 Å². The number of phenols is 2. The molecule has 0 atom stereocenters. The zero-order valence-corrected chi connectivity index (χ0v) is 10.0. The van der Waals surface area contributed by atoms with Gasteiger partial charge in [-0.2, -0.15) is 0 Å². The van der Waals surface area contributed by atoms with E-state index in [2.05, 4.69) is 5.32 Å². The van der Waals surface area contributed by atoms with Crippen LogP contribution in [0, 0.1) is 6.92 Å². The van der Waals surface area contributed by atoms with E-state index in [9.17, 15) is 10.2 Å². The first-order valence-electron chi connectivity index (χ1n) is 5.53. The molecule has 0 saturated carbocycles. The van der Waals surface area contributed by atoms with E-state index in [1.54, 1.807) is 6.92 Å². The third-order valence-electron chi connectivity index (χ3n) is 3.21. The number of benzene rings is 1. The lowest BCUT2D eigenvalue weighted by molar-refractivity contribution is 0.416. The minimum Gasteiger partial charge on any atom is -0.506 e. The minimum atomic E-state index is -0.0168. The van der Waals surface area contributed by atoms with Crippen molar-refractivity contribution in [2.75, 3.05) is 13.1 Å². The van der Waals surface area contributed by atoms with E-state index in [4.69, 9.17) is 11.6 Å². The van der Waals surface area contributed by atoms with Crippen LogP contribution in [0.5, 0.6) is 11.5 Å². The molecule has 88 valence electrons. The molecule has 0 radical (unpaired) electrons. The third-order valence-corrected chi connectivity index (χ3v) is 3.57. The van der Waals surface area contributed by atoms with Gasteiger partial charge in [0.15, 0.2) is 0 Å².